The Hall–Kier alpha value is -1.91. The molecule has 122 valence electrons. The fourth-order valence-electron chi connectivity index (χ4n) is 3.03. The fourth-order valence-corrected chi connectivity index (χ4v) is 3.03. The third-order valence-electron chi connectivity index (χ3n) is 4.10. The summed E-state index contributed by atoms with van der Waals surface area (Å²) in [4.78, 5) is 6.75. The van der Waals surface area contributed by atoms with Gasteiger partial charge in [-0.15, -0.1) is 0 Å². The second-order valence-corrected chi connectivity index (χ2v) is 6.29. The summed E-state index contributed by atoms with van der Waals surface area (Å²) in [6.07, 6.45) is 3.99. The maximum atomic E-state index is 5.74. The molecule has 1 aliphatic rings. The van der Waals surface area contributed by atoms with E-state index >= 15 is 0 Å². The van der Waals surface area contributed by atoms with Gasteiger partial charge in [0.1, 0.15) is 5.75 Å². The predicted molar refractivity (Wildman–Crippen MR) is 92.5 cm³/mol. The molecule has 0 spiro atoms. The smallest absolute Gasteiger partial charge is 0.119 e. The van der Waals surface area contributed by atoms with Gasteiger partial charge in [0.05, 0.1) is 6.10 Å². The van der Waals surface area contributed by atoms with Gasteiger partial charge in [0.15, 0.2) is 0 Å². The lowest BCUT2D eigenvalue weighted by Gasteiger charge is -2.36. The summed E-state index contributed by atoms with van der Waals surface area (Å²) in [6.45, 7) is 8.09. The van der Waals surface area contributed by atoms with Gasteiger partial charge in [-0.25, -0.2) is 0 Å². The normalized spacial score (nSPS) is 19.0. The van der Waals surface area contributed by atoms with E-state index in [0.29, 0.717) is 6.04 Å². The molecule has 0 saturated carbocycles. The summed E-state index contributed by atoms with van der Waals surface area (Å²) < 4.78 is 5.74. The molecule has 1 fully saturated rings. The van der Waals surface area contributed by atoms with Gasteiger partial charge in [0, 0.05) is 44.6 Å². The number of benzene rings is 1. The lowest BCUT2D eigenvalue weighted by Crippen LogP contribution is -2.45. The maximum Gasteiger partial charge on any atom is 0.119 e. The van der Waals surface area contributed by atoms with E-state index < -0.39 is 0 Å². The summed E-state index contributed by atoms with van der Waals surface area (Å²) in [7, 11) is 0. The molecule has 4 nitrogen and oxygen atoms in total. The first-order chi connectivity index (χ1) is 11.2. The van der Waals surface area contributed by atoms with E-state index in [4.69, 9.17) is 4.74 Å². The van der Waals surface area contributed by atoms with Crippen molar-refractivity contribution in [1.29, 1.82) is 0 Å². The van der Waals surface area contributed by atoms with Crippen LogP contribution in [0, 0.1) is 0 Å². The summed E-state index contributed by atoms with van der Waals surface area (Å²) in [5.74, 6) is 0.936. The Kier molecular flexibility index (Phi) is 5.26. The Morgan fingerprint density at radius 2 is 2.09 bits per heavy atom. The van der Waals surface area contributed by atoms with Gasteiger partial charge in [-0.1, -0.05) is 18.2 Å². The van der Waals surface area contributed by atoms with Crippen LogP contribution >= 0.6 is 0 Å². The SMILES string of the molecule is CC(C)Oc1ccc([C@H]2CNCCN2Cc2cccnc2)cc1. The minimum absolute atomic E-state index is 0.208. The van der Waals surface area contributed by atoms with Crippen LogP contribution in [0.15, 0.2) is 48.8 Å². The molecular weight excluding hydrogens is 286 g/mol. The standard InChI is InChI=1S/C19H25N3O/c1-15(2)23-18-7-5-17(6-8-18)19-13-21-10-11-22(19)14-16-4-3-9-20-12-16/h3-9,12,15,19,21H,10-11,13-14H2,1-2H3/t19-/m1/s1. The maximum absolute atomic E-state index is 5.74. The Morgan fingerprint density at radius 1 is 1.26 bits per heavy atom. The van der Waals surface area contributed by atoms with Crippen molar-refractivity contribution >= 4 is 0 Å². The molecule has 0 amide bonds. The molecule has 0 aliphatic carbocycles. The van der Waals surface area contributed by atoms with Gasteiger partial charge >= 0.3 is 0 Å². The lowest BCUT2D eigenvalue weighted by molar-refractivity contribution is 0.153. The summed E-state index contributed by atoms with van der Waals surface area (Å²) in [6, 6.07) is 13.1. The van der Waals surface area contributed by atoms with Crippen LogP contribution in [0.3, 0.4) is 0 Å². The summed E-state index contributed by atoms with van der Waals surface area (Å²) in [5, 5.41) is 3.51. The number of ether oxygens (including phenoxy) is 1. The first kappa shape index (κ1) is 16.0. The highest BCUT2D eigenvalue weighted by molar-refractivity contribution is 5.30. The average Bonchev–Trinajstić information content (AvgIpc) is 2.57. The number of nitrogens with one attached hydrogen (secondary N) is 1. The van der Waals surface area contributed by atoms with Gasteiger partial charge in [0.2, 0.25) is 0 Å². The molecule has 2 heterocycles. The average molecular weight is 311 g/mol. The van der Waals surface area contributed by atoms with Crippen molar-refractivity contribution < 1.29 is 4.74 Å². The van der Waals surface area contributed by atoms with Crippen LogP contribution in [0.4, 0.5) is 0 Å². The van der Waals surface area contributed by atoms with Crippen LogP contribution in [0.25, 0.3) is 0 Å². The minimum Gasteiger partial charge on any atom is -0.491 e. The molecule has 0 unspecified atom stereocenters. The fraction of sp³-hybridized carbons (Fsp3) is 0.421. The molecule has 1 aromatic heterocycles. The Labute approximate surface area is 138 Å². The highest BCUT2D eigenvalue weighted by atomic mass is 16.5. The first-order valence-electron chi connectivity index (χ1n) is 8.32. The number of pyridine rings is 1. The summed E-state index contributed by atoms with van der Waals surface area (Å²) in [5.41, 5.74) is 2.59. The van der Waals surface area contributed by atoms with Crippen molar-refractivity contribution in [3.63, 3.8) is 0 Å². The van der Waals surface area contributed by atoms with Crippen molar-refractivity contribution in [2.24, 2.45) is 0 Å². The van der Waals surface area contributed by atoms with Crippen LogP contribution in [-0.4, -0.2) is 35.6 Å². The molecule has 1 saturated heterocycles. The van der Waals surface area contributed by atoms with Crippen LogP contribution in [0.5, 0.6) is 5.75 Å². The molecule has 1 aliphatic heterocycles. The van der Waals surface area contributed by atoms with Crippen molar-refractivity contribution in [3.8, 4) is 5.75 Å². The first-order valence-corrected chi connectivity index (χ1v) is 8.32. The zero-order valence-corrected chi connectivity index (χ0v) is 13.9. The number of rotatable bonds is 5. The third-order valence-corrected chi connectivity index (χ3v) is 4.10. The lowest BCUT2D eigenvalue weighted by atomic mass is 10.0. The van der Waals surface area contributed by atoms with E-state index in [1.54, 1.807) is 0 Å². The molecule has 0 bridgehead atoms. The molecule has 0 radical (unpaired) electrons. The molecule has 3 rings (SSSR count). The van der Waals surface area contributed by atoms with Crippen LogP contribution < -0.4 is 10.1 Å². The monoisotopic (exact) mass is 311 g/mol. The highest BCUT2D eigenvalue weighted by Crippen LogP contribution is 2.26. The van der Waals surface area contributed by atoms with Crippen molar-refractivity contribution in [2.45, 2.75) is 32.5 Å². The van der Waals surface area contributed by atoms with Gasteiger partial charge in [0.25, 0.3) is 0 Å². The van der Waals surface area contributed by atoms with Crippen LogP contribution in [-0.2, 0) is 6.54 Å². The van der Waals surface area contributed by atoms with E-state index in [9.17, 15) is 0 Å². The molecule has 4 heteroatoms. The predicted octanol–water partition coefficient (Wildman–Crippen LogP) is 3.02. The molecule has 2 aromatic rings. The number of hydrogen-bond acceptors (Lipinski definition) is 4. The van der Waals surface area contributed by atoms with E-state index in [0.717, 1.165) is 31.9 Å². The topological polar surface area (TPSA) is 37.4 Å². The van der Waals surface area contributed by atoms with Crippen molar-refractivity contribution in [3.05, 3.63) is 59.9 Å². The highest BCUT2D eigenvalue weighted by Gasteiger charge is 2.23. The quantitative estimate of drug-likeness (QED) is 0.921. The second kappa shape index (κ2) is 7.57. The summed E-state index contributed by atoms with van der Waals surface area (Å²) >= 11 is 0. The Balaban J connectivity index is 1.73. The van der Waals surface area contributed by atoms with Crippen LogP contribution in [0.1, 0.15) is 31.0 Å². The van der Waals surface area contributed by atoms with E-state index in [1.165, 1.54) is 11.1 Å². The molecule has 23 heavy (non-hydrogen) atoms. The Morgan fingerprint density at radius 3 is 2.78 bits per heavy atom. The van der Waals surface area contributed by atoms with E-state index in [1.807, 2.05) is 18.5 Å². The Bertz CT molecular complexity index is 598. The zero-order chi connectivity index (χ0) is 16.1. The molecule has 1 atom stereocenters. The van der Waals surface area contributed by atoms with E-state index in [2.05, 4.69) is 59.4 Å². The number of nitrogens with zero attached hydrogens (tertiary/aromatic N) is 2. The number of aromatic nitrogens is 1. The molecule has 1 aromatic carbocycles. The third kappa shape index (κ3) is 4.30. The zero-order valence-electron chi connectivity index (χ0n) is 13.9. The van der Waals surface area contributed by atoms with E-state index in [-0.39, 0.29) is 6.10 Å². The number of hydrogen-bond donors (Lipinski definition) is 1. The van der Waals surface area contributed by atoms with Gasteiger partial charge in [-0.2, -0.15) is 0 Å². The van der Waals surface area contributed by atoms with Gasteiger partial charge in [-0.3, -0.25) is 9.88 Å². The number of piperazine rings is 1. The second-order valence-electron chi connectivity index (χ2n) is 6.29. The molecular formula is C19H25N3O. The van der Waals surface area contributed by atoms with Crippen LogP contribution in [0.2, 0.25) is 0 Å². The van der Waals surface area contributed by atoms with Crippen molar-refractivity contribution in [1.82, 2.24) is 15.2 Å². The largest absolute Gasteiger partial charge is 0.491 e. The van der Waals surface area contributed by atoms with Gasteiger partial charge < -0.3 is 10.1 Å². The van der Waals surface area contributed by atoms with Gasteiger partial charge in [-0.05, 0) is 43.2 Å². The molecule has 1 N–H and O–H groups in total. The van der Waals surface area contributed by atoms with Crippen molar-refractivity contribution in [2.75, 3.05) is 19.6 Å². The minimum atomic E-state index is 0.208.